The van der Waals surface area contributed by atoms with Gasteiger partial charge in [0.25, 0.3) is 5.91 Å². The third-order valence-electron chi connectivity index (χ3n) is 6.61. The fraction of sp³-hybridized carbons (Fsp3) is 0.429. The highest BCUT2D eigenvalue weighted by Crippen LogP contribution is 2.44. The lowest BCUT2D eigenvalue weighted by molar-refractivity contribution is 0.0953. The number of ether oxygens (including phenoxy) is 2. The summed E-state index contributed by atoms with van der Waals surface area (Å²) >= 11 is 0. The van der Waals surface area contributed by atoms with Gasteiger partial charge in [0.15, 0.2) is 0 Å². The molecule has 1 aromatic heterocycles. The molecule has 0 unspecified atom stereocenters. The second kappa shape index (κ2) is 9.64. The average molecular weight is 476 g/mol. The van der Waals surface area contributed by atoms with Crippen molar-refractivity contribution in [1.82, 2.24) is 9.88 Å². The molecule has 7 nitrogen and oxygen atoms in total. The van der Waals surface area contributed by atoms with Gasteiger partial charge in [-0.1, -0.05) is 12.1 Å². The highest BCUT2D eigenvalue weighted by molar-refractivity contribution is 6.13. The van der Waals surface area contributed by atoms with Crippen LogP contribution in [0.15, 0.2) is 42.5 Å². The Balaban J connectivity index is 1.61. The Kier molecular flexibility index (Phi) is 6.41. The Morgan fingerprint density at radius 2 is 1.80 bits per heavy atom. The normalized spacial score (nSPS) is 15.7. The maximum Gasteiger partial charge on any atom is 0.411 e. The zero-order valence-corrected chi connectivity index (χ0v) is 20.6. The van der Waals surface area contributed by atoms with Crippen LogP contribution < -0.4 is 15.4 Å². The van der Waals surface area contributed by atoms with E-state index in [-0.39, 0.29) is 18.1 Å². The van der Waals surface area contributed by atoms with Crippen molar-refractivity contribution >= 4 is 28.6 Å². The molecule has 5 rings (SSSR count). The molecule has 2 saturated carbocycles. The van der Waals surface area contributed by atoms with Crippen LogP contribution in [0.1, 0.15) is 69.3 Å². The van der Waals surface area contributed by atoms with E-state index in [2.05, 4.69) is 21.3 Å². The highest BCUT2D eigenvalue weighted by Gasteiger charge is 2.32. The molecule has 2 N–H and O–H groups in total. The van der Waals surface area contributed by atoms with Crippen LogP contribution in [0.25, 0.3) is 22.2 Å². The molecule has 2 aliphatic carbocycles. The van der Waals surface area contributed by atoms with Crippen molar-refractivity contribution in [1.29, 1.82) is 0 Å². The highest BCUT2D eigenvalue weighted by atomic mass is 16.6. The largest absolute Gasteiger partial charge is 0.494 e. The van der Waals surface area contributed by atoms with Crippen molar-refractivity contribution in [3.63, 3.8) is 0 Å². The van der Waals surface area contributed by atoms with Crippen LogP contribution >= 0.6 is 0 Å². The second-order valence-electron chi connectivity index (χ2n) is 9.69. The molecule has 2 fully saturated rings. The zero-order valence-electron chi connectivity index (χ0n) is 20.6. The first kappa shape index (κ1) is 23.3. The predicted octanol–water partition coefficient (Wildman–Crippen LogP) is 6.28. The van der Waals surface area contributed by atoms with Crippen LogP contribution in [-0.2, 0) is 4.74 Å². The standard InChI is InChI=1S/C28H33N3O4/c1-4-34-22-14-15-23-24(16-22)31(21-6-5-7-21)26(25(23)27(32)29-19-12-13-19)18-8-10-20(11-9-18)30-28(33)35-17(2)3/h8-11,14-17,19,21H,4-7,12-13H2,1-3H3,(H,29,32)(H,30,33). The summed E-state index contributed by atoms with van der Waals surface area (Å²) < 4.78 is 13.3. The SMILES string of the molecule is CCOc1ccc2c(C(=O)NC3CC3)c(-c3ccc(NC(=O)OC(C)C)cc3)n(C3CCC3)c2c1. The summed E-state index contributed by atoms with van der Waals surface area (Å²) in [6.45, 7) is 6.19. The van der Waals surface area contributed by atoms with Crippen LogP contribution in [-0.4, -0.2) is 35.3 Å². The lowest BCUT2D eigenvalue weighted by Crippen LogP contribution is -2.26. The molecule has 0 aliphatic heterocycles. The van der Waals surface area contributed by atoms with Crippen molar-refractivity contribution in [2.24, 2.45) is 0 Å². The maximum atomic E-state index is 13.5. The molecule has 0 spiro atoms. The van der Waals surface area contributed by atoms with E-state index in [4.69, 9.17) is 9.47 Å². The van der Waals surface area contributed by atoms with E-state index < -0.39 is 6.09 Å². The summed E-state index contributed by atoms with van der Waals surface area (Å²) in [5, 5.41) is 6.91. The van der Waals surface area contributed by atoms with Gasteiger partial charge in [0.05, 0.1) is 29.5 Å². The Hall–Kier alpha value is -3.48. The molecule has 0 atom stereocenters. The minimum Gasteiger partial charge on any atom is -0.494 e. The average Bonchev–Trinajstić information content (AvgIpc) is 3.53. The monoisotopic (exact) mass is 475 g/mol. The molecule has 0 bridgehead atoms. The number of fused-ring (bicyclic) bond motifs is 1. The summed E-state index contributed by atoms with van der Waals surface area (Å²) in [6.07, 6.45) is 4.73. The van der Waals surface area contributed by atoms with Gasteiger partial charge in [-0.15, -0.1) is 0 Å². The number of benzene rings is 2. The van der Waals surface area contributed by atoms with Crippen molar-refractivity contribution in [2.75, 3.05) is 11.9 Å². The first-order valence-corrected chi connectivity index (χ1v) is 12.6. The number of rotatable bonds is 8. The molecular weight excluding hydrogens is 442 g/mol. The van der Waals surface area contributed by atoms with E-state index in [0.29, 0.717) is 23.9 Å². The number of hydrogen-bond donors (Lipinski definition) is 2. The number of nitrogens with one attached hydrogen (secondary N) is 2. The summed E-state index contributed by atoms with van der Waals surface area (Å²) in [4.78, 5) is 25.6. The van der Waals surface area contributed by atoms with Gasteiger partial charge >= 0.3 is 6.09 Å². The van der Waals surface area contributed by atoms with Gasteiger partial charge in [-0.25, -0.2) is 4.79 Å². The van der Waals surface area contributed by atoms with E-state index in [9.17, 15) is 9.59 Å². The second-order valence-corrected chi connectivity index (χ2v) is 9.69. The Morgan fingerprint density at radius 1 is 1.06 bits per heavy atom. The lowest BCUT2D eigenvalue weighted by Gasteiger charge is -2.30. The van der Waals surface area contributed by atoms with Gasteiger partial charge in [0, 0.05) is 29.2 Å². The molecule has 2 aromatic carbocycles. The Labute approximate surface area is 205 Å². The molecule has 2 amide bonds. The van der Waals surface area contributed by atoms with Crippen LogP contribution in [0, 0.1) is 0 Å². The maximum absolute atomic E-state index is 13.5. The third kappa shape index (κ3) is 4.85. The summed E-state index contributed by atoms with van der Waals surface area (Å²) in [5.74, 6) is 0.777. The van der Waals surface area contributed by atoms with Crippen molar-refractivity contribution in [2.45, 2.75) is 71.1 Å². The number of hydrogen-bond acceptors (Lipinski definition) is 4. The smallest absolute Gasteiger partial charge is 0.411 e. The van der Waals surface area contributed by atoms with E-state index in [1.807, 2.05) is 57.2 Å². The molecule has 7 heteroatoms. The van der Waals surface area contributed by atoms with Gasteiger partial charge in [-0.05, 0) is 82.7 Å². The van der Waals surface area contributed by atoms with Crippen molar-refractivity contribution in [3.8, 4) is 17.0 Å². The lowest BCUT2D eigenvalue weighted by atomic mass is 9.92. The van der Waals surface area contributed by atoms with Gasteiger partial charge in [-0.3, -0.25) is 10.1 Å². The third-order valence-corrected chi connectivity index (χ3v) is 6.61. The number of carbonyl (C=O) groups excluding carboxylic acids is 2. The summed E-state index contributed by atoms with van der Waals surface area (Å²) in [5.41, 5.74) is 4.25. The van der Waals surface area contributed by atoms with E-state index >= 15 is 0 Å². The molecular formula is C28H33N3O4. The fourth-order valence-electron chi connectivity index (χ4n) is 4.64. The van der Waals surface area contributed by atoms with Crippen LogP contribution in [0.4, 0.5) is 10.5 Å². The van der Waals surface area contributed by atoms with E-state index in [1.54, 1.807) is 0 Å². The number of aromatic nitrogens is 1. The molecule has 0 saturated heterocycles. The minimum absolute atomic E-state index is 0.0301. The predicted molar refractivity (Wildman–Crippen MR) is 137 cm³/mol. The van der Waals surface area contributed by atoms with Crippen LogP contribution in [0.3, 0.4) is 0 Å². The molecule has 184 valence electrons. The minimum atomic E-state index is -0.482. The van der Waals surface area contributed by atoms with Gasteiger partial charge in [0.2, 0.25) is 0 Å². The van der Waals surface area contributed by atoms with Crippen molar-refractivity contribution in [3.05, 3.63) is 48.0 Å². The van der Waals surface area contributed by atoms with E-state index in [0.717, 1.165) is 53.6 Å². The molecule has 3 aromatic rings. The van der Waals surface area contributed by atoms with Gasteiger partial charge < -0.3 is 19.4 Å². The first-order chi connectivity index (χ1) is 16.9. The number of amides is 2. The van der Waals surface area contributed by atoms with Gasteiger partial charge in [0.1, 0.15) is 5.75 Å². The van der Waals surface area contributed by atoms with Crippen LogP contribution in [0.5, 0.6) is 5.75 Å². The quantitative estimate of drug-likeness (QED) is 0.402. The number of anilines is 1. The molecule has 0 radical (unpaired) electrons. The van der Waals surface area contributed by atoms with E-state index in [1.165, 1.54) is 6.42 Å². The molecule has 2 aliphatic rings. The van der Waals surface area contributed by atoms with Gasteiger partial charge in [-0.2, -0.15) is 0 Å². The zero-order chi connectivity index (χ0) is 24.5. The molecule has 35 heavy (non-hydrogen) atoms. The summed E-state index contributed by atoms with van der Waals surface area (Å²) in [7, 11) is 0. The number of nitrogens with zero attached hydrogens (tertiary/aromatic N) is 1. The molecule has 1 heterocycles. The summed E-state index contributed by atoms with van der Waals surface area (Å²) in [6, 6.07) is 14.3. The van der Waals surface area contributed by atoms with Crippen molar-refractivity contribution < 1.29 is 19.1 Å². The van der Waals surface area contributed by atoms with Crippen LogP contribution in [0.2, 0.25) is 0 Å². The first-order valence-electron chi connectivity index (χ1n) is 12.6. The number of carbonyl (C=O) groups is 2. The fourth-order valence-corrected chi connectivity index (χ4v) is 4.64. The topological polar surface area (TPSA) is 81.6 Å². The Bertz CT molecular complexity index is 1240. The Morgan fingerprint density at radius 3 is 2.40 bits per heavy atom.